The maximum atomic E-state index is 4.72. The molecule has 6 heteroatoms. The molecule has 2 N–H and O–H groups in total. The number of guanidine groups is 1. The fourth-order valence-electron chi connectivity index (χ4n) is 3.32. The summed E-state index contributed by atoms with van der Waals surface area (Å²) in [5.74, 6) is 3.32. The van der Waals surface area contributed by atoms with E-state index in [1.54, 1.807) is 0 Å². The van der Waals surface area contributed by atoms with Crippen molar-refractivity contribution in [3.8, 4) is 0 Å². The molecule has 1 atom stereocenters. The van der Waals surface area contributed by atoms with Gasteiger partial charge in [0.05, 0.1) is 0 Å². The van der Waals surface area contributed by atoms with Crippen molar-refractivity contribution in [1.82, 2.24) is 25.4 Å². The number of hydrogen-bond donors (Lipinski definition) is 2. The van der Waals surface area contributed by atoms with Crippen LogP contribution in [0.5, 0.6) is 0 Å². The van der Waals surface area contributed by atoms with Crippen molar-refractivity contribution < 1.29 is 0 Å². The number of fused-ring (bicyclic) bond motifs is 1. The molecule has 0 amide bonds. The summed E-state index contributed by atoms with van der Waals surface area (Å²) in [5, 5.41) is 15.4. The summed E-state index contributed by atoms with van der Waals surface area (Å²) in [7, 11) is 0. The van der Waals surface area contributed by atoms with Gasteiger partial charge in [-0.15, -0.1) is 10.2 Å². The van der Waals surface area contributed by atoms with E-state index in [2.05, 4.69) is 70.4 Å². The van der Waals surface area contributed by atoms with Crippen molar-refractivity contribution in [2.24, 2.45) is 4.99 Å². The third-order valence-corrected chi connectivity index (χ3v) is 4.85. The smallest absolute Gasteiger partial charge is 0.191 e. The first-order chi connectivity index (χ1) is 12.7. The summed E-state index contributed by atoms with van der Waals surface area (Å²) >= 11 is 0. The minimum absolute atomic E-state index is 0.416. The van der Waals surface area contributed by atoms with Crippen molar-refractivity contribution in [2.45, 2.75) is 59.0 Å². The van der Waals surface area contributed by atoms with Gasteiger partial charge in [-0.3, -0.25) is 0 Å². The van der Waals surface area contributed by atoms with E-state index in [1.165, 1.54) is 24.0 Å². The number of aromatic nitrogens is 3. The minimum atomic E-state index is 0.416. The van der Waals surface area contributed by atoms with Gasteiger partial charge in [-0.25, -0.2) is 4.99 Å². The van der Waals surface area contributed by atoms with Gasteiger partial charge in [0.2, 0.25) is 0 Å². The lowest BCUT2D eigenvalue weighted by molar-refractivity contribution is 0.508. The lowest BCUT2D eigenvalue weighted by Crippen LogP contribution is -2.39. The van der Waals surface area contributed by atoms with Crippen LogP contribution in [-0.4, -0.2) is 33.8 Å². The average molecular weight is 355 g/mol. The van der Waals surface area contributed by atoms with Crippen LogP contribution >= 0.6 is 0 Å². The highest BCUT2D eigenvalue weighted by atomic mass is 15.3. The number of hydrogen-bond acceptors (Lipinski definition) is 3. The molecule has 1 aromatic carbocycles. The van der Waals surface area contributed by atoms with Crippen molar-refractivity contribution in [2.75, 3.05) is 13.1 Å². The summed E-state index contributed by atoms with van der Waals surface area (Å²) in [5.41, 5.74) is 2.64. The molecular weight excluding hydrogens is 324 g/mol. The van der Waals surface area contributed by atoms with Crippen LogP contribution in [0.4, 0.5) is 0 Å². The maximum Gasteiger partial charge on any atom is 0.191 e. The predicted octanol–water partition coefficient (Wildman–Crippen LogP) is 2.78. The van der Waals surface area contributed by atoms with E-state index >= 15 is 0 Å². The van der Waals surface area contributed by atoms with Gasteiger partial charge >= 0.3 is 0 Å². The second-order valence-corrected chi connectivity index (χ2v) is 7.03. The maximum absolute atomic E-state index is 4.72. The molecule has 6 nitrogen and oxygen atoms in total. The third-order valence-electron chi connectivity index (χ3n) is 4.85. The Bertz CT molecular complexity index is 749. The molecule has 0 saturated heterocycles. The van der Waals surface area contributed by atoms with E-state index in [9.17, 15) is 0 Å². The Labute approximate surface area is 156 Å². The van der Waals surface area contributed by atoms with Crippen LogP contribution in [0.3, 0.4) is 0 Å². The van der Waals surface area contributed by atoms with Crippen LogP contribution in [0.15, 0.2) is 29.3 Å². The van der Waals surface area contributed by atoms with Gasteiger partial charge in [0.1, 0.15) is 12.4 Å². The van der Waals surface area contributed by atoms with Crippen molar-refractivity contribution in [3.05, 3.63) is 47.0 Å². The minimum Gasteiger partial charge on any atom is -0.357 e. The van der Waals surface area contributed by atoms with E-state index in [1.807, 2.05) is 0 Å². The van der Waals surface area contributed by atoms with Crippen LogP contribution < -0.4 is 10.6 Å². The Hall–Kier alpha value is -2.37. The molecule has 2 heterocycles. The van der Waals surface area contributed by atoms with Crippen LogP contribution in [0.1, 0.15) is 55.4 Å². The molecule has 2 aromatic rings. The number of aryl methyl sites for hydroxylation is 2. The lowest BCUT2D eigenvalue weighted by atomic mass is 9.99. The monoisotopic (exact) mass is 354 g/mol. The zero-order valence-corrected chi connectivity index (χ0v) is 16.1. The van der Waals surface area contributed by atoms with E-state index in [-0.39, 0.29) is 0 Å². The summed E-state index contributed by atoms with van der Waals surface area (Å²) in [6.45, 7) is 9.70. The van der Waals surface area contributed by atoms with Gasteiger partial charge < -0.3 is 15.2 Å². The predicted molar refractivity (Wildman–Crippen MR) is 105 cm³/mol. The molecular formula is C20H30N6. The fourth-order valence-corrected chi connectivity index (χ4v) is 3.32. The van der Waals surface area contributed by atoms with Crippen LogP contribution in [0.2, 0.25) is 0 Å². The van der Waals surface area contributed by atoms with Gasteiger partial charge in [0.25, 0.3) is 0 Å². The molecule has 0 saturated carbocycles. The Morgan fingerprint density at radius 3 is 2.96 bits per heavy atom. The highest BCUT2D eigenvalue weighted by molar-refractivity contribution is 5.79. The molecule has 26 heavy (non-hydrogen) atoms. The summed E-state index contributed by atoms with van der Waals surface area (Å²) in [6, 6.07) is 8.69. The normalized spacial score (nSPS) is 15.4. The van der Waals surface area contributed by atoms with Crippen LogP contribution in [-0.2, 0) is 19.5 Å². The first-order valence-electron chi connectivity index (χ1n) is 9.67. The molecule has 0 bridgehead atoms. The van der Waals surface area contributed by atoms with Crippen LogP contribution in [0, 0.1) is 6.92 Å². The number of aliphatic imine (C=N–C) groups is 1. The Kier molecular flexibility index (Phi) is 6.26. The van der Waals surface area contributed by atoms with Gasteiger partial charge in [-0.1, -0.05) is 36.8 Å². The van der Waals surface area contributed by atoms with Gasteiger partial charge in [0, 0.05) is 26.1 Å². The lowest BCUT2D eigenvalue weighted by Gasteiger charge is -2.17. The Morgan fingerprint density at radius 1 is 1.27 bits per heavy atom. The van der Waals surface area contributed by atoms with Gasteiger partial charge in [-0.2, -0.15) is 0 Å². The summed E-state index contributed by atoms with van der Waals surface area (Å²) in [6.07, 6.45) is 3.44. The summed E-state index contributed by atoms with van der Waals surface area (Å²) in [4.78, 5) is 4.72. The number of benzene rings is 1. The second kappa shape index (κ2) is 8.83. The zero-order valence-electron chi connectivity index (χ0n) is 16.1. The molecule has 0 aliphatic carbocycles. The molecule has 0 spiro atoms. The van der Waals surface area contributed by atoms with E-state index in [4.69, 9.17) is 4.99 Å². The molecule has 1 unspecified atom stereocenters. The number of nitrogens with one attached hydrogen (secondary N) is 2. The molecule has 3 rings (SSSR count). The van der Waals surface area contributed by atoms with Crippen molar-refractivity contribution in [3.63, 3.8) is 0 Å². The average Bonchev–Trinajstić information content (AvgIpc) is 3.07. The number of rotatable bonds is 6. The molecule has 140 valence electrons. The second-order valence-electron chi connectivity index (χ2n) is 7.03. The SMILES string of the molecule is CCNC(=NCc1nnc2n1CCCC2)NCC(C)c1cccc(C)c1. The fraction of sp³-hybridized carbons (Fsp3) is 0.550. The van der Waals surface area contributed by atoms with Crippen LogP contribution in [0.25, 0.3) is 0 Å². The van der Waals surface area contributed by atoms with Crippen molar-refractivity contribution >= 4 is 5.96 Å². The van der Waals surface area contributed by atoms with E-state index in [0.29, 0.717) is 12.5 Å². The summed E-state index contributed by atoms with van der Waals surface area (Å²) < 4.78 is 2.23. The van der Waals surface area contributed by atoms with E-state index < -0.39 is 0 Å². The zero-order chi connectivity index (χ0) is 18.4. The molecule has 1 aromatic heterocycles. The Balaban J connectivity index is 1.61. The molecule has 0 fully saturated rings. The Morgan fingerprint density at radius 2 is 2.15 bits per heavy atom. The highest BCUT2D eigenvalue weighted by Crippen LogP contribution is 2.16. The van der Waals surface area contributed by atoms with Gasteiger partial charge in [-0.05, 0) is 38.2 Å². The molecule has 1 aliphatic rings. The number of nitrogens with zero attached hydrogens (tertiary/aromatic N) is 4. The van der Waals surface area contributed by atoms with E-state index in [0.717, 1.165) is 43.7 Å². The highest BCUT2D eigenvalue weighted by Gasteiger charge is 2.15. The largest absolute Gasteiger partial charge is 0.357 e. The first-order valence-corrected chi connectivity index (χ1v) is 9.67. The third kappa shape index (κ3) is 4.62. The standard InChI is InChI=1S/C20H30N6/c1-4-21-20(22-13-16(3)17-9-7-8-15(2)12-17)23-14-19-25-24-18-10-5-6-11-26(18)19/h7-9,12,16H,4-6,10-11,13-14H2,1-3H3,(H2,21,22,23). The van der Waals surface area contributed by atoms with Crippen molar-refractivity contribution in [1.29, 1.82) is 0 Å². The molecule has 1 aliphatic heterocycles. The first kappa shape index (κ1) is 18.4. The topological polar surface area (TPSA) is 67.1 Å². The quantitative estimate of drug-likeness (QED) is 0.618. The van der Waals surface area contributed by atoms with Gasteiger partial charge in [0.15, 0.2) is 11.8 Å². The molecule has 0 radical (unpaired) electrons.